The third kappa shape index (κ3) is 3.93. The van der Waals surface area contributed by atoms with Gasteiger partial charge in [0.15, 0.2) is 11.2 Å². The van der Waals surface area contributed by atoms with E-state index in [1.165, 1.54) is 11.7 Å². The number of methoxy groups -OCH3 is 1. The van der Waals surface area contributed by atoms with Gasteiger partial charge in [-0.15, -0.1) is 5.92 Å². The van der Waals surface area contributed by atoms with Gasteiger partial charge in [0.25, 0.3) is 5.56 Å². The number of benzene rings is 1. The van der Waals surface area contributed by atoms with Gasteiger partial charge in [-0.25, -0.2) is 4.79 Å². The average molecular weight is 462 g/mol. The number of imidazole rings is 1. The predicted octanol–water partition coefficient (Wildman–Crippen LogP) is 0.776. The molecule has 0 amide bonds. The second-order valence-electron chi connectivity index (χ2n) is 8.28. The first-order valence-electron chi connectivity index (χ1n) is 11.1. The van der Waals surface area contributed by atoms with Gasteiger partial charge in [0.05, 0.1) is 25.8 Å². The maximum Gasteiger partial charge on any atom is 0.332 e. The number of aromatic nitrogens is 4. The molecule has 0 saturated carbocycles. The van der Waals surface area contributed by atoms with E-state index < -0.39 is 11.2 Å². The molecule has 1 aromatic carbocycles. The summed E-state index contributed by atoms with van der Waals surface area (Å²) in [6, 6.07) is 7.22. The molecule has 1 unspecified atom stereocenters. The molecular weight excluding hydrogens is 434 g/mol. The Hall–Kier alpha value is -4.02. The molecule has 0 radical (unpaired) electrons. The molecule has 10 heteroatoms. The van der Waals surface area contributed by atoms with E-state index in [1.54, 1.807) is 36.7 Å². The first-order chi connectivity index (χ1) is 16.4. The lowest BCUT2D eigenvalue weighted by molar-refractivity contribution is 0.412. The smallest absolute Gasteiger partial charge is 0.332 e. The number of anilines is 1. The van der Waals surface area contributed by atoms with Crippen molar-refractivity contribution < 1.29 is 4.74 Å². The highest BCUT2D eigenvalue weighted by molar-refractivity contribution is 5.75. The Bertz CT molecular complexity index is 1460. The Balaban J connectivity index is 1.94. The number of aryl methyl sites for hydroxylation is 1. The molecule has 1 atom stereocenters. The van der Waals surface area contributed by atoms with Gasteiger partial charge in [-0.05, 0) is 31.4 Å². The van der Waals surface area contributed by atoms with Gasteiger partial charge in [-0.3, -0.25) is 18.5 Å². The summed E-state index contributed by atoms with van der Waals surface area (Å²) in [5.41, 5.74) is 6.58. The van der Waals surface area contributed by atoms with Gasteiger partial charge in [-0.2, -0.15) is 10.2 Å². The fourth-order valence-corrected chi connectivity index (χ4v) is 4.42. The maximum absolute atomic E-state index is 13.7. The molecule has 1 saturated heterocycles. The van der Waals surface area contributed by atoms with Crippen LogP contribution in [0.15, 0.2) is 27.8 Å². The third-order valence-corrected chi connectivity index (χ3v) is 6.14. The molecule has 3 heterocycles. The van der Waals surface area contributed by atoms with Crippen LogP contribution in [0.2, 0.25) is 0 Å². The van der Waals surface area contributed by atoms with Gasteiger partial charge in [-0.1, -0.05) is 18.1 Å². The van der Waals surface area contributed by atoms with E-state index in [9.17, 15) is 14.9 Å². The molecule has 2 aromatic heterocycles. The normalized spacial score (nSPS) is 15.6. The zero-order valence-electron chi connectivity index (χ0n) is 19.5. The van der Waals surface area contributed by atoms with Crippen LogP contribution in [0, 0.1) is 23.2 Å². The second-order valence-corrected chi connectivity index (χ2v) is 8.28. The summed E-state index contributed by atoms with van der Waals surface area (Å²) in [5.74, 6) is 6.85. The van der Waals surface area contributed by atoms with E-state index in [1.807, 2.05) is 0 Å². The average Bonchev–Trinajstić information content (AvgIpc) is 3.23. The molecule has 10 nitrogen and oxygen atoms in total. The van der Waals surface area contributed by atoms with Gasteiger partial charge >= 0.3 is 5.69 Å². The van der Waals surface area contributed by atoms with Crippen molar-refractivity contribution in [3.63, 3.8) is 0 Å². The quantitative estimate of drug-likeness (QED) is 0.557. The predicted molar refractivity (Wildman–Crippen MR) is 129 cm³/mol. The molecule has 3 aromatic rings. The molecule has 1 aliphatic heterocycles. The van der Waals surface area contributed by atoms with Crippen molar-refractivity contribution in [3.8, 4) is 23.7 Å². The number of hydrogen-bond acceptors (Lipinski definition) is 7. The zero-order valence-corrected chi connectivity index (χ0v) is 19.5. The highest BCUT2D eigenvalue weighted by Gasteiger charge is 2.26. The minimum atomic E-state index is -0.516. The number of hydrogen-bond donors (Lipinski definition) is 1. The molecule has 1 aliphatic rings. The minimum Gasteiger partial charge on any atom is -0.495 e. The van der Waals surface area contributed by atoms with E-state index in [4.69, 9.17) is 15.5 Å². The van der Waals surface area contributed by atoms with Crippen LogP contribution in [-0.4, -0.2) is 44.9 Å². The Morgan fingerprint density at radius 3 is 2.76 bits per heavy atom. The van der Waals surface area contributed by atoms with Gasteiger partial charge < -0.3 is 15.4 Å². The Kier molecular flexibility index (Phi) is 6.44. The summed E-state index contributed by atoms with van der Waals surface area (Å²) < 4.78 is 9.53. The lowest BCUT2D eigenvalue weighted by Gasteiger charge is -2.31. The molecular formula is C24H27N7O3. The van der Waals surface area contributed by atoms with E-state index in [0.717, 1.165) is 24.0 Å². The molecule has 0 spiro atoms. The van der Waals surface area contributed by atoms with Gasteiger partial charge in [0, 0.05) is 26.2 Å². The van der Waals surface area contributed by atoms with Crippen molar-refractivity contribution in [1.29, 1.82) is 5.26 Å². The highest BCUT2D eigenvalue weighted by atomic mass is 16.5. The first-order valence-corrected chi connectivity index (χ1v) is 11.1. The molecule has 2 N–H and O–H groups in total. The lowest BCUT2D eigenvalue weighted by atomic mass is 10.1. The fraction of sp³-hybridized carbons (Fsp3) is 0.417. The van der Waals surface area contributed by atoms with E-state index >= 15 is 0 Å². The van der Waals surface area contributed by atoms with Crippen molar-refractivity contribution in [2.45, 2.75) is 38.9 Å². The molecule has 0 aliphatic carbocycles. The number of ether oxygens (including phenoxy) is 1. The van der Waals surface area contributed by atoms with Crippen LogP contribution in [0.3, 0.4) is 0 Å². The monoisotopic (exact) mass is 461 g/mol. The first kappa shape index (κ1) is 23.1. The number of piperidine rings is 1. The number of fused-ring (bicyclic) bond motifs is 1. The van der Waals surface area contributed by atoms with Crippen LogP contribution >= 0.6 is 0 Å². The van der Waals surface area contributed by atoms with Crippen LogP contribution in [0.4, 0.5) is 5.95 Å². The maximum atomic E-state index is 13.7. The summed E-state index contributed by atoms with van der Waals surface area (Å²) >= 11 is 0. The van der Waals surface area contributed by atoms with Crippen LogP contribution < -0.4 is 26.6 Å². The van der Waals surface area contributed by atoms with Gasteiger partial charge in [0.2, 0.25) is 5.95 Å². The highest BCUT2D eigenvalue weighted by Crippen LogP contribution is 2.24. The summed E-state index contributed by atoms with van der Waals surface area (Å²) in [5, 5.41) is 9.64. The molecule has 1 fully saturated rings. The van der Waals surface area contributed by atoms with Crippen molar-refractivity contribution >= 4 is 17.1 Å². The Morgan fingerprint density at radius 1 is 1.29 bits per heavy atom. The molecule has 34 heavy (non-hydrogen) atoms. The molecule has 0 bridgehead atoms. The van der Waals surface area contributed by atoms with Crippen LogP contribution in [0.25, 0.3) is 11.2 Å². The number of nitriles is 1. The topological polar surface area (TPSA) is 124 Å². The SMILES string of the molecule is CC#CCn1c(N2CCCC(N)C2)nc2c1c(=O)n(Cc1cccc(OC)c1C#N)c(=O)n2C. The Morgan fingerprint density at radius 2 is 2.09 bits per heavy atom. The van der Waals surface area contributed by atoms with Crippen molar-refractivity contribution in [1.82, 2.24) is 18.7 Å². The number of nitrogens with two attached hydrogens (primary N) is 1. The summed E-state index contributed by atoms with van der Waals surface area (Å²) in [7, 11) is 3.06. The third-order valence-electron chi connectivity index (χ3n) is 6.14. The van der Waals surface area contributed by atoms with E-state index in [2.05, 4.69) is 22.8 Å². The number of rotatable bonds is 5. The summed E-state index contributed by atoms with van der Waals surface area (Å²) in [6.45, 7) is 3.28. The second kappa shape index (κ2) is 9.46. The summed E-state index contributed by atoms with van der Waals surface area (Å²) in [6.07, 6.45) is 1.85. The zero-order chi connectivity index (χ0) is 24.4. The van der Waals surface area contributed by atoms with Crippen LogP contribution in [-0.2, 0) is 20.1 Å². The minimum absolute atomic E-state index is 0.0113. The van der Waals surface area contributed by atoms with Crippen molar-refractivity contribution in [2.24, 2.45) is 12.8 Å². The Labute approximate surface area is 196 Å². The lowest BCUT2D eigenvalue weighted by Crippen LogP contribution is -2.44. The van der Waals surface area contributed by atoms with Crippen LogP contribution in [0.1, 0.15) is 30.9 Å². The standard InChI is InChI=1S/C24H27N7O3/c1-4-5-12-30-20-21(27-23(30)29-11-7-9-17(26)15-29)28(2)24(33)31(22(20)32)14-16-8-6-10-19(34-3)18(16)13-25/h6,8,10,17H,7,9,11-12,14-15,26H2,1-3H3. The fourth-order valence-electron chi connectivity index (χ4n) is 4.42. The summed E-state index contributed by atoms with van der Waals surface area (Å²) in [4.78, 5) is 33.7. The van der Waals surface area contributed by atoms with Crippen molar-refractivity contribution in [2.75, 3.05) is 25.1 Å². The van der Waals surface area contributed by atoms with Crippen LogP contribution in [0.5, 0.6) is 5.75 Å². The largest absolute Gasteiger partial charge is 0.495 e. The van der Waals surface area contributed by atoms with E-state index in [-0.39, 0.29) is 24.7 Å². The van der Waals surface area contributed by atoms with E-state index in [0.29, 0.717) is 35.0 Å². The number of nitrogens with zero attached hydrogens (tertiary/aromatic N) is 6. The molecule has 4 rings (SSSR count). The van der Waals surface area contributed by atoms with Gasteiger partial charge in [0.1, 0.15) is 11.8 Å². The molecule has 176 valence electrons. The van der Waals surface area contributed by atoms with Crippen molar-refractivity contribution in [3.05, 3.63) is 50.2 Å².